The molecule has 2 heterocycles. The Hall–Kier alpha value is -2.32. The molecule has 1 aromatic heterocycles. The molecule has 5 nitrogen and oxygen atoms in total. The average molecular weight is 273 g/mol. The summed E-state index contributed by atoms with van der Waals surface area (Å²) >= 11 is 5.84. The first-order chi connectivity index (χ1) is 9.28. The van der Waals surface area contributed by atoms with E-state index in [1.807, 2.05) is 12.1 Å². The molecule has 1 aliphatic heterocycles. The van der Waals surface area contributed by atoms with Crippen LogP contribution in [-0.2, 0) is 4.84 Å². The minimum atomic E-state index is 0.520. The maximum absolute atomic E-state index is 9.26. The Morgan fingerprint density at radius 1 is 1.42 bits per heavy atom. The Morgan fingerprint density at radius 2 is 2.32 bits per heavy atom. The Labute approximate surface area is 114 Å². The van der Waals surface area contributed by atoms with Crippen molar-refractivity contribution in [1.29, 1.82) is 5.26 Å². The lowest BCUT2D eigenvalue weighted by Crippen LogP contribution is -2.02. The SMILES string of the molecule is N#Cc1cc(C2=NOCC2)ccc1-n1cc(Cl)cn1. The van der Waals surface area contributed by atoms with E-state index in [0.29, 0.717) is 22.9 Å². The van der Waals surface area contributed by atoms with Crippen LogP contribution >= 0.6 is 11.6 Å². The van der Waals surface area contributed by atoms with Gasteiger partial charge in [0.05, 0.1) is 28.2 Å². The van der Waals surface area contributed by atoms with E-state index in [1.165, 1.54) is 6.20 Å². The second-order valence-corrected chi connectivity index (χ2v) is 4.50. The lowest BCUT2D eigenvalue weighted by atomic mass is 10.0. The quantitative estimate of drug-likeness (QED) is 0.844. The van der Waals surface area contributed by atoms with Crippen molar-refractivity contribution in [3.63, 3.8) is 0 Å². The van der Waals surface area contributed by atoms with Gasteiger partial charge < -0.3 is 4.84 Å². The molecule has 6 heteroatoms. The molecule has 0 saturated heterocycles. The monoisotopic (exact) mass is 272 g/mol. The number of rotatable bonds is 2. The van der Waals surface area contributed by atoms with Crippen molar-refractivity contribution in [3.05, 3.63) is 46.7 Å². The van der Waals surface area contributed by atoms with E-state index in [0.717, 1.165) is 17.7 Å². The fourth-order valence-electron chi connectivity index (χ4n) is 1.95. The fourth-order valence-corrected chi connectivity index (χ4v) is 2.08. The number of hydrogen-bond acceptors (Lipinski definition) is 4. The van der Waals surface area contributed by atoms with Gasteiger partial charge in [0, 0.05) is 18.2 Å². The van der Waals surface area contributed by atoms with Gasteiger partial charge in [-0.25, -0.2) is 4.68 Å². The predicted octanol–water partition coefficient (Wildman–Crippen LogP) is 2.52. The normalized spacial score (nSPS) is 13.8. The third kappa shape index (κ3) is 2.18. The molecule has 2 aromatic rings. The summed E-state index contributed by atoms with van der Waals surface area (Å²) in [6.07, 6.45) is 3.96. The van der Waals surface area contributed by atoms with Gasteiger partial charge in [-0.2, -0.15) is 10.4 Å². The molecule has 0 aliphatic carbocycles. The number of nitriles is 1. The number of aromatic nitrogens is 2. The summed E-state index contributed by atoms with van der Waals surface area (Å²) in [6.45, 7) is 0.591. The van der Waals surface area contributed by atoms with Crippen molar-refractivity contribution in [2.24, 2.45) is 5.16 Å². The summed E-state index contributed by atoms with van der Waals surface area (Å²) in [5, 5.41) is 17.8. The van der Waals surface area contributed by atoms with Crippen molar-refractivity contribution in [2.45, 2.75) is 6.42 Å². The van der Waals surface area contributed by atoms with E-state index in [4.69, 9.17) is 16.4 Å². The van der Waals surface area contributed by atoms with Crippen LogP contribution < -0.4 is 0 Å². The third-order valence-electron chi connectivity index (χ3n) is 2.85. The summed E-state index contributed by atoms with van der Waals surface area (Å²) in [6, 6.07) is 7.69. The summed E-state index contributed by atoms with van der Waals surface area (Å²) < 4.78 is 1.58. The number of nitrogens with zero attached hydrogens (tertiary/aromatic N) is 4. The highest BCUT2D eigenvalue weighted by molar-refractivity contribution is 6.30. The number of halogens is 1. The zero-order valence-electron chi connectivity index (χ0n) is 9.88. The highest BCUT2D eigenvalue weighted by Crippen LogP contribution is 2.20. The molecule has 1 aliphatic rings. The summed E-state index contributed by atoms with van der Waals surface area (Å²) in [5.41, 5.74) is 2.97. The van der Waals surface area contributed by atoms with Gasteiger partial charge in [0.15, 0.2) is 0 Å². The number of hydrogen-bond donors (Lipinski definition) is 0. The second-order valence-electron chi connectivity index (χ2n) is 4.07. The standard InChI is InChI=1S/C13H9ClN4O/c14-11-7-16-18(8-11)13-2-1-9(5-10(13)6-15)12-3-4-19-17-12/h1-2,5,7-8H,3-4H2. The molecule has 0 saturated carbocycles. The Kier molecular flexibility index (Phi) is 2.94. The van der Waals surface area contributed by atoms with E-state index in [1.54, 1.807) is 16.9 Å². The Bertz CT molecular complexity index is 699. The highest BCUT2D eigenvalue weighted by Gasteiger charge is 2.14. The lowest BCUT2D eigenvalue weighted by molar-refractivity contribution is 0.174. The average Bonchev–Trinajstić information content (AvgIpc) is 3.09. The molecule has 19 heavy (non-hydrogen) atoms. The third-order valence-corrected chi connectivity index (χ3v) is 3.05. The minimum absolute atomic E-state index is 0.520. The van der Waals surface area contributed by atoms with Crippen LogP contribution in [0, 0.1) is 11.3 Å². The molecule has 0 bridgehead atoms. The summed E-state index contributed by atoms with van der Waals surface area (Å²) in [4.78, 5) is 4.97. The van der Waals surface area contributed by atoms with Crippen LogP contribution in [0.2, 0.25) is 5.02 Å². The molecular weight excluding hydrogens is 264 g/mol. The van der Waals surface area contributed by atoms with Crippen LogP contribution in [-0.4, -0.2) is 22.1 Å². The predicted molar refractivity (Wildman–Crippen MR) is 70.4 cm³/mol. The second kappa shape index (κ2) is 4.75. The minimum Gasteiger partial charge on any atom is -0.395 e. The van der Waals surface area contributed by atoms with Crippen molar-refractivity contribution >= 4 is 17.3 Å². The molecule has 0 N–H and O–H groups in total. The van der Waals surface area contributed by atoms with Gasteiger partial charge in [0.25, 0.3) is 0 Å². The Morgan fingerprint density at radius 3 is 2.95 bits per heavy atom. The summed E-state index contributed by atoms with van der Waals surface area (Å²) in [5.74, 6) is 0. The first-order valence-electron chi connectivity index (χ1n) is 5.72. The molecule has 0 amide bonds. The van der Waals surface area contributed by atoms with Gasteiger partial charge in [-0.05, 0) is 12.1 Å². The topological polar surface area (TPSA) is 63.2 Å². The number of benzene rings is 1. The Balaban J connectivity index is 2.05. The van der Waals surface area contributed by atoms with E-state index in [2.05, 4.69) is 16.3 Å². The van der Waals surface area contributed by atoms with Crippen molar-refractivity contribution in [3.8, 4) is 11.8 Å². The fraction of sp³-hybridized carbons (Fsp3) is 0.154. The smallest absolute Gasteiger partial charge is 0.122 e. The van der Waals surface area contributed by atoms with Gasteiger partial charge >= 0.3 is 0 Å². The van der Waals surface area contributed by atoms with Crippen molar-refractivity contribution < 1.29 is 4.84 Å². The van der Waals surface area contributed by atoms with Crippen LogP contribution in [0.25, 0.3) is 5.69 Å². The van der Waals surface area contributed by atoms with Gasteiger partial charge in [-0.3, -0.25) is 0 Å². The first kappa shape index (κ1) is 11.8. The molecule has 0 atom stereocenters. The molecular formula is C13H9ClN4O. The van der Waals surface area contributed by atoms with E-state index >= 15 is 0 Å². The van der Waals surface area contributed by atoms with Gasteiger partial charge in [-0.1, -0.05) is 22.8 Å². The van der Waals surface area contributed by atoms with Crippen LogP contribution in [0.3, 0.4) is 0 Å². The van der Waals surface area contributed by atoms with Gasteiger partial charge in [0.1, 0.15) is 12.7 Å². The van der Waals surface area contributed by atoms with Crippen LogP contribution in [0.4, 0.5) is 0 Å². The largest absolute Gasteiger partial charge is 0.395 e. The molecule has 0 spiro atoms. The highest BCUT2D eigenvalue weighted by atomic mass is 35.5. The molecule has 0 radical (unpaired) electrons. The van der Waals surface area contributed by atoms with Crippen LogP contribution in [0.1, 0.15) is 17.5 Å². The van der Waals surface area contributed by atoms with E-state index in [9.17, 15) is 5.26 Å². The van der Waals surface area contributed by atoms with E-state index < -0.39 is 0 Å². The van der Waals surface area contributed by atoms with Crippen molar-refractivity contribution in [1.82, 2.24) is 9.78 Å². The zero-order valence-corrected chi connectivity index (χ0v) is 10.6. The summed E-state index contributed by atoms with van der Waals surface area (Å²) in [7, 11) is 0. The lowest BCUT2D eigenvalue weighted by Gasteiger charge is -2.06. The zero-order chi connectivity index (χ0) is 13.2. The molecule has 3 rings (SSSR count). The molecule has 94 valence electrons. The first-order valence-corrected chi connectivity index (χ1v) is 6.09. The molecule has 0 unspecified atom stereocenters. The van der Waals surface area contributed by atoms with E-state index in [-0.39, 0.29) is 0 Å². The maximum atomic E-state index is 9.26. The van der Waals surface area contributed by atoms with Crippen molar-refractivity contribution in [2.75, 3.05) is 6.61 Å². The molecule has 0 fully saturated rings. The van der Waals surface area contributed by atoms with Crippen LogP contribution in [0.5, 0.6) is 0 Å². The van der Waals surface area contributed by atoms with Gasteiger partial charge in [-0.15, -0.1) is 0 Å². The molecule has 1 aromatic carbocycles. The maximum Gasteiger partial charge on any atom is 0.122 e. The number of oxime groups is 1. The van der Waals surface area contributed by atoms with Crippen LogP contribution in [0.15, 0.2) is 35.7 Å². The van der Waals surface area contributed by atoms with Gasteiger partial charge in [0.2, 0.25) is 0 Å².